The standard InChI is InChI=1S/C25H26N4O4/c1-3-33-25(30)15-16-28(18-20-7-5-4-6-8-20)23-13-14-24(19(2)17-23)27-26-21-9-11-22(12-10-21)29(31)32/h4-14,17H,3,15-16,18H2,1-2H3. The van der Waals surface area contributed by atoms with Gasteiger partial charge in [0.15, 0.2) is 0 Å². The zero-order valence-electron chi connectivity index (χ0n) is 18.7. The number of hydrogen-bond acceptors (Lipinski definition) is 7. The highest BCUT2D eigenvalue weighted by Gasteiger charge is 2.12. The van der Waals surface area contributed by atoms with Crippen molar-refractivity contribution in [2.45, 2.75) is 26.8 Å². The van der Waals surface area contributed by atoms with E-state index in [-0.39, 0.29) is 11.7 Å². The van der Waals surface area contributed by atoms with Crippen molar-refractivity contribution in [3.8, 4) is 0 Å². The van der Waals surface area contributed by atoms with Crippen molar-refractivity contribution in [3.63, 3.8) is 0 Å². The Balaban J connectivity index is 1.77. The summed E-state index contributed by atoms with van der Waals surface area (Å²) in [5.41, 5.74) is 4.27. The number of carbonyl (C=O) groups is 1. The van der Waals surface area contributed by atoms with Gasteiger partial charge in [0.2, 0.25) is 0 Å². The molecule has 33 heavy (non-hydrogen) atoms. The van der Waals surface area contributed by atoms with Gasteiger partial charge in [-0.15, -0.1) is 0 Å². The summed E-state index contributed by atoms with van der Waals surface area (Å²) in [6.07, 6.45) is 0.293. The van der Waals surface area contributed by atoms with E-state index in [0.29, 0.717) is 37.5 Å². The second-order valence-electron chi connectivity index (χ2n) is 7.41. The van der Waals surface area contributed by atoms with Gasteiger partial charge in [-0.25, -0.2) is 0 Å². The maximum Gasteiger partial charge on any atom is 0.307 e. The molecule has 0 aliphatic rings. The van der Waals surface area contributed by atoms with Gasteiger partial charge in [-0.1, -0.05) is 30.3 Å². The summed E-state index contributed by atoms with van der Waals surface area (Å²) >= 11 is 0. The molecule has 0 unspecified atom stereocenters. The minimum atomic E-state index is -0.451. The molecule has 0 bridgehead atoms. The van der Waals surface area contributed by atoms with Crippen LogP contribution in [0.15, 0.2) is 83.0 Å². The predicted octanol–water partition coefficient (Wildman–Crippen LogP) is 6.28. The predicted molar refractivity (Wildman–Crippen MR) is 127 cm³/mol. The first kappa shape index (κ1) is 23.6. The van der Waals surface area contributed by atoms with E-state index in [2.05, 4.69) is 27.3 Å². The average Bonchev–Trinajstić information content (AvgIpc) is 2.82. The smallest absolute Gasteiger partial charge is 0.307 e. The third kappa shape index (κ3) is 6.96. The Morgan fingerprint density at radius 1 is 1.03 bits per heavy atom. The summed E-state index contributed by atoms with van der Waals surface area (Å²) in [6, 6.07) is 21.8. The van der Waals surface area contributed by atoms with Gasteiger partial charge in [-0.2, -0.15) is 10.2 Å². The van der Waals surface area contributed by atoms with Crippen molar-refractivity contribution in [1.82, 2.24) is 0 Å². The number of ether oxygens (including phenoxy) is 1. The Hall–Kier alpha value is -4.07. The number of aryl methyl sites for hydroxylation is 1. The van der Waals surface area contributed by atoms with Gasteiger partial charge in [0.25, 0.3) is 5.69 Å². The summed E-state index contributed by atoms with van der Waals surface area (Å²) in [4.78, 5) is 24.4. The number of hydrogen-bond donors (Lipinski definition) is 0. The first-order valence-corrected chi connectivity index (χ1v) is 10.7. The normalized spacial score (nSPS) is 10.8. The van der Waals surface area contributed by atoms with Crippen LogP contribution in [-0.2, 0) is 16.1 Å². The van der Waals surface area contributed by atoms with Crippen molar-refractivity contribution in [2.75, 3.05) is 18.1 Å². The highest BCUT2D eigenvalue weighted by atomic mass is 16.6. The van der Waals surface area contributed by atoms with Gasteiger partial charge >= 0.3 is 5.97 Å². The average molecular weight is 447 g/mol. The van der Waals surface area contributed by atoms with Crippen molar-refractivity contribution < 1.29 is 14.5 Å². The molecular weight excluding hydrogens is 420 g/mol. The molecule has 0 amide bonds. The van der Waals surface area contributed by atoms with E-state index in [1.807, 2.05) is 43.3 Å². The molecule has 0 aliphatic heterocycles. The molecule has 0 heterocycles. The monoisotopic (exact) mass is 446 g/mol. The molecule has 0 saturated carbocycles. The third-order valence-electron chi connectivity index (χ3n) is 4.99. The molecular formula is C25H26N4O4. The number of nitro benzene ring substituents is 1. The second kappa shape index (κ2) is 11.5. The summed E-state index contributed by atoms with van der Waals surface area (Å²) in [7, 11) is 0. The Morgan fingerprint density at radius 3 is 2.39 bits per heavy atom. The van der Waals surface area contributed by atoms with Crippen molar-refractivity contribution >= 4 is 28.7 Å². The Labute approximate surface area is 192 Å². The number of nitrogens with zero attached hydrogens (tertiary/aromatic N) is 4. The minimum absolute atomic E-state index is 0.0100. The molecule has 0 aromatic heterocycles. The van der Waals surface area contributed by atoms with E-state index in [4.69, 9.17) is 4.74 Å². The molecule has 0 radical (unpaired) electrons. The lowest BCUT2D eigenvalue weighted by atomic mass is 10.1. The number of non-ortho nitro benzene ring substituents is 1. The number of rotatable bonds is 10. The summed E-state index contributed by atoms with van der Waals surface area (Å²) in [6.45, 7) is 5.29. The van der Waals surface area contributed by atoms with Gasteiger partial charge < -0.3 is 9.64 Å². The number of benzene rings is 3. The largest absolute Gasteiger partial charge is 0.466 e. The van der Waals surface area contributed by atoms with Crippen LogP contribution in [0, 0.1) is 17.0 Å². The summed E-state index contributed by atoms with van der Waals surface area (Å²) < 4.78 is 5.09. The fourth-order valence-electron chi connectivity index (χ4n) is 3.26. The zero-order chi connectivity index (χ0) is 23.6. The number of azo groups is 1. The van der Waals surface area contributed by atoms with Crippen molar-refractivity contribution in [2.24, 2.45) is 10.2 Å². The molecule has 3 aromatic carbocycles. The van der Waals surface area contributed by atoms with Crippen LogP contribution < -0.4 is 4.90 Å². The lowest BCUT2D eigenvalue weighted by Crippen LogP contribution is -2.26. The highest BCUT2D eigenvalue weighted by Crippen LogP contribution is 2.28. The number of nitro groups is 1. The maximum atomic E-state index is 11.9. The Bertz CT molecular complexity index is 1120. The van der Waals surface area contributed by atoms with E-state index in [1.54, 1.807) is 19.1 Å². The van der Waals surface area contributed by atoms with Gasteiger partial charge in [-0.3, -0.25) is 14.9 Å². The Kier molecular flexibility index (Phi) is 8.24. The van der Waals surface area contributed by atoms with E-state index < -0.39 is 4.92 Å². The second-order valence-corrected chi connectivity index (χ2v) is 7.41. The molecule has 0 atom stereocenters. The summed E-state index contributed by atoms with van der Waals surface area (Å²) in [5, 5.41) is 19.3. The van der Waals surface area contributed by atoms with Gasteiger partial charge in [0.05, 0.1) is 29.3 Å². The topological polar surface area (TPSA) is 97.4 Å². The lowest BCUT2D eigenvalue weighted by molar-refractivity contribution is -0.384. The molecule has 3 rings (SSSR count). The molecule has 0 spiro atoms. The first-order valence-electron chi connectivity index (χ1n) is 10.7. The summed E-state index contributed by atoms with van der Waals surface area (Å²) in [5.74, 6) is -0.221. The first-order chi connectivity index (χ1) is 16.0. The molecule has 3 aromatic rings. The fraction of sp³-hybridized carbons (Fsp3) is 0.240. The number of esters is 1. The van der Waals surface area contributed by atoms with Crippen molar-refractivity contribution in [3.05, 3.63) is 94.0 Å². The molecule has 0 aliphatic carbocycles. The van der Waals surface area contributed by atoms with E-state index >= 15 is 0 Å². The molecule has 0 fully saturated rings. The fourth-order valence-corrected chi connectivity index (χ4v) is 3.26. The van der Waals surface area contributed by atoms with E-state index in [1.165, 1.54) is 12.1 Å². The van der Waals surface area contributed by atoms with Crippen LogP contribution in [0.2, 0.25) is 0 Å². The minimum Gasteiger partial charge on any atom is -0.466 e. The van der Waals surface area contributed by atoms with Gasteiger partial charge in [-0.05, 0) is 55.3 Å². The lowest BCUT2D eigenvalue weighted by Gasteiger charge is -2.25. The van der Waals surface area contributed by atoms with Crippen LogP contribution in [-0.4, -0.2) is 24.0 Å². The third-order valence-corrected chi connectivity index (χ3v) is 4.99. The van der Waals surface area contributed by atoms with Crippen LogP contribution in [0.25, 0.3) is 0 Å². The van der Waals surface area contributed by atoms with Crippen molar-refractivity contribution in [1.29, 1.82) is 0 Å². The number of anilines is 1. The molecule has 0 saturated heterocycles. The van der Waals surface area contributed by atoms with Crippen LogP contribution in [0.3, 0.4) is 0 Å². The zero-order valence-corrected chi connectivity index (χ0v) is 18.7. The van der Waals surface area contributed by atoms with Gasteiger partial charge in [0.1, 0.15) is 0 Å². The van der Waals surface area contributed by atoms with Crippen LogP contribution >= 0.6 is 0 Å². The van der Waals surface area contributed by atoms with E-state index in [9.17, 15) is 14.9 Å². The molecule has 8 nitrogen and oxygen atoms in total. The van der Waals surface area contributed by atoms with Crippen LogP contribution in [0.1, 0.15) is 24.5 Å². The Morgan fingerprint density at radius 2 is 1.76 bits per heavy atom. The maximum absolute atomic E-state index is 11.9. The quantitative estimate of drug-likeness (QED) is 0.158. The van der Waals surface area contributed by atoms with Crippen LogP contribution in [0.5, 0.6) is 0 Å². The number of carbonyl (C=O) groups excluding carboxylic acids is 1. The molecule has 0 N–H and O–H groups in total. The van der Waals surface area contributed by atoms with E-state index in [0.717, 1.165) is 16.8 Å². The van der Waals surface area contributed by atoms with Crippen LogP contribution in [0.4, 0.5) is 22.7 Å². The highest BCUT2D eigenvalue weighted by molar-refractivity contribution is 5.70. The SMILES string of the molecule is CCOC(=O)CCN(Cc1ccccc1)c1ccc(N=Nc2ccc([N+](=O)[O-])cc2)c(C)c1. The molecule has 8 heteroatoms. The molecule has 170 valence electrons. The van der Waals surface area contributed by atoms with Gasteiger partial charge in [0, 0.05) is 30.9 Å².